The van der Waals surface area contributed by atoms with E-state index in [1.165, 1.54) is 6.08 Å². The minimum atomic E-state index is -0.730. The Hall–Kier alpha value is -3.03. The van der Waals surface area contributed by atoms with Crippen molar-refractivity contribution < 1.29 is 29.0 Å². The molecule has 122 valence electrons. The maximum absolute atomic E-state index is 12.1. The van der Waals surface area contributed by atoms with E-state index in [1.54, 1.807) is 25.1 Å². The van der Waals surface area contributed by atoms with Gasteiger partial charge in [-0.05, 0) is 19.1 Å². The first-order chi connectivity index (χ1) is 11.0. The zero-order valence-corrected chi connectivity index (χ0v) is 12.7. The molecule has 1 aliphatic heterocycles. The molecule has 23 heavy (non-hydrogen) atoms. The molecule has 0 radical (unpaired) electrons. The number of hydrogen-bond donors (Lipinski definition) is 2. The van der Waals surface area contributed by atoms with Crippen LogP contribution in [0.4, 0.5) is 4.79 Å². The van der Waals surface area contributed by atoms with Gasteiger partial charge in [0.2, 0.25) is 0 Å². The Balaban J connectivity index is 2.27. The highest BCUT2D eigenvalue weighted by atomic mass is 16.5. The number of imide groups is 1. The molecule has 2 N–H and O–H groups in total. The summed E-state index contributed by atoms with van der Waals surface area (Å²) in [5, 5.41) is 12.4. The maximum Gasteiger partial charge on any atom is 0.329 e. The zero-order valence-electron chi connectivity index (χ0n) is 12.7. The monoisotopic (exact) mass is 320 g/mol. The number of methoxy groups -OCH3 is 1. The van der Waals surface area contributed by atoms with Crippen LogP contribution in [-0.4, -0.2) is 48.2 Å². The Morgan fingerprint density at radius 2 is 2.13 bits per heavy atom. The second-order valence-electron chi connectivity index (χ2n) is 4.58. The standard InChI is InChI=1S/C15H16N2O6/c1-3-23-11-6-4-5-9(13(11)19)7-10-14(20)17(15(21)16-10)8-12(18)22-2/h4-7,19H,3,8H2,1-2H3,(H,16,21)/b10-7+. The molecule has 0 bridgehead atoms. The van der Waals surface area contributed by atoms with Gasteiger partial charge in [-0.25, -0.2) is 9.69 Å². The first kappa shape index (κ1) is 16.3. The summed E-state index contributed by atoms with van der Waals surface area (Å²) in [5.41, 5.74) is 0.252. The lowest BCUT2D eigenvalue weighted by Crippen LogP contribution is -2.36. The first-order valence-corrected chi connectivity index (χ1v) is 6.84. The first-order valence-electron chi connectivity index (χ1n) is 6.84. The van der Waals surface area contributed by atoms with E-state index < -0.39 is 24.5 Å². The van der Waals surface area contributed by atoms with Crippen LogP contribution in [0.5, 0.6) is 11.5 Å². The molecule has 2 rings (SSSR count). The summed E-state index contributed by atoms with van der Waals surface area (Å²) in [6.07, 6.45) is 1.31. The molecule has 3 amide bonds. The summed E-state index contributed by atoms with van der Waals surface area (Å²) in [6.45, 7) is 1.66. The molecule has 1 fully saturated rings. The molecule has 8 nitrogen and oxygen atoms in total. The summed E-state index contributed by atoms with van der Waals surface area (Å²) in [5.74, 6) is -1.27. The highest BCUT2D eigenvalue weighted by Crippen LogP contribution is 2.31. The normalized spacial score (nSPS) is 15.7. The summed E-state index contributed by atoms with van der Waals surface area (Å²) in [6, 6.07) is 4.06. The molecule has 0 aliphatic carbocycles. The van der Waals surface area contributed by atoms with E-state index in [4.69, 9.17) is 4.74 Å². The van der Waals surface area contributed by atoms with Gasteiger partial charge in [0.1, 0.15) is 12.2 Å². The number of benzene rings is 1. The molecule has 8 heteroatoms. The van der Waals surface area contributed by atoms with Crippen molar-refractivity contribution in [3.8, 4) is 11.5 Å². The molecule has 1 aromatic carbocycles. The molecule has 1 aliphatic rings. The summed E-state index contributed by atoms with van der Waals surface area (Å²) >= 11 is 0. The van der Waals surface area contributed by atoms with Gasteiger partial charge in [-0.2, -0.15) is 0 Å². The molecule has 1 heterocycles. The Morgan fingerprint density at radius 3 is 2.78 bits per heavy atom. The number of carbonyl (C=O) groups excluding carboxylic acids is 3. The number of para-hydroxylation sites is 1. The summed E-state index contributed by atoms with van der Waals surface area (Å²) < 4.78 is 9.69. The number of phenolic OH excluding ortho intramolecular Hbond substituents is 1. The largest absolute Gasteiger partial charge is 0.504 e. The zero-order chi connectivity index (χ0) is 17.0. The quantitative estimate of drug-likeness (QED) is 0.473. The van der Waals surface area contributed by atoms with Gasteiger partial charge in [0.05, 0.1) is 13.7 Å². The average molecular weight is 320 g/mol. The number of carbonyl (C=O) groups is 3. The van der Waals surface area contributed by atoms with Crippen molar-refractivity contribution in [2.75, 3.05) is 20.3 Å². The van der Waals surface area contributed by atoms with Crippen LogP contribution in [0.25, 0.3) is 6.08 Å². The second-order valence-corrected chi connectivity index (χ2v) is 4.58. The fourth-order valence-corrected chi connectivity index (χ4v) is 1.99. The smallest absolute Gasteiger partial charge is 0.329 e. The molecule has 0 aromatic heterocycles. The van der Waals surface area contributed by atoms with E-state index in [-0.39, 0.29) is 17.2 Å². The van der Waals surface area contributed by atoms with Gasteiger partial charge in [0, 0.05) is 5.56 Å². The molecule has 0 unspecified atom stereocenters. The number of phenols is 1. The van der Waals surface area contributed by atoms with Crippen molar-refractivity contribution >= 4 is 24.0 Å². The number of urea groups is 1. The Bertz CT molecular complexity index is 683. The van der Waals surface area contributed by atoms with E-state index in [0.717, 1.165) is 12.0 Å². The SMILES string of the molecule is CCOc1cccc(/C=C2/NC(=O)N(CC(=O)OC)C2=O)c1O. The lowest BCUT2D eigenvalue weighted by atomic mass is 10.1. The topological polar surface area (TPSA) is 105 Å². The Morgan fingerprint density at radius 1 is 1.39 bits per heavy atom. The van der Waals surface area contributed by atoms with Crippen LogP contribution in [0.3, 0.4) is 0 Å². The number of hydrogen-bond acceptors (Lipinski definition) is 6. The lowest BCUT2D eigenvalue weighted by molar-refractivity contribution is -0.143. The van der Waals surface area contributed by atoms with Crippen molar-refractivity contribution in [2.24, 2.45) is 0 Å². The van der Waals surface area contributed by atoms with Crippen molar-refractivity contribution in [3.05, 3.63) is 29.5 Å². The van der Waals surface area contributed by atoms with E-state index in [0.29, 0.717) is 12.2 Å². The number of aromatic hydroxyl groups is 1. The predicted octanol–water partition coefficient (Wildman–Crippen LogP) is 0.857. The minimum Gasteiger partial charge on any atom is -0.504 e. The third-order valence-corrected chi connectivity index (χ3v) is 3.11. The van der Waals surface area contributed by atoms with Crippen LogP contribution in [0, 0.1) is 0 Å². The predicted molar refractivity (Wildman–Crippen MR) is 79.5 cm³/mol. The minimum absolute atomic E-state index is 0.0529. The van der Waals surface area contributed by atoms with Gasteiger partial charge in [0.15, 0.2) is 11.5 Å². The van der Waals surface area contributed by atoms with Crippen LogP contribution in [0.2, 0.25) is 0 Å². The van der Waals surface area contributed by atoms with E-state index in [1.807, 2.05) is 0 Å². The van der Waals surface area contributed by atoms with E-state index in [9.17, 15) is 19.5 Å². The van der Waals surface area contributed by atoms with Gasteiger partial charge in [-0.15, -0.1) is 0 Å². The average Bonchev–Trinajstić information content (AvgIpc) is 2.79. The van der Waals surface area contributed by atoms with Crippen LogP contribution in [0.1, 0.15) is 12.5 Å². The number of rotatable bonds is 5. The second kappa shape index (κ2) is 6.82. The molecule has 0 saturated carbocycles. The third-order valence-electron chi connectivity index (χ3n) is 3.11. The number of nitrogens with zero attached hydrogens (tertiary/aromatic N) is 1. The van der Waals surface area contributed by atoms with Crippen molar-refractivity contribution in [3.63, 3.8) is 0 Å². The van der Waals surface area contributed by atoms with Gasteiger partial charge in [0.25, 0.3) is 5.91 Å². The van der Waals surface area contributed by atoms with Crippen LogP contribution < -0.4 is 10.1 Å². The number of esters is 1. The van der Waals surface area contributed by atoms with Gasteiger partial charge in [-0.3, -0.25) is 9.59 Å². The number of amides is 3. The molecular formula is C15H16N2O6. The van der Waals surface area contributed by atoms with E-state index in [2.05, 4.69) is 10.1 Å². The molecule has 1 aromatic rings. The fraction of sp³-hybridized carbons (Fsp3) is 0.267. The number of nitrogens with one attached hydrogen (secondary N) is 1. The van der Waals surface area contributed by atoms with Crippen LogP contribution >= 0.6 is 0 Å². The molecule has 0 atom stereocenters. The molecule has 0 spiro atoms. The summed E-state index contributed by atoms with van der Waals surface area (Å²) in [7, 11) is 1.16. The van der Waals surface area contributed by atoms with Crippen LogP contribution in [-0.2, 0) is 14.3 Å². The Labute approximate surface area is 132 Å². The Kier molecular flexibility index (Phi) is 4.85. The lowest BCUT2D eigenvalue weighted by Gasteiger charge is -2.09. The van der Waals surface area contributed by atoms with Crippen molar-refractivity contribution in [2.45, 2.75) is 6.92 Å². The van der Waals surface area contributed by atoms with Gasteiger partial charge < -0.3 is 19.9 Å². The highest BCUT2D eigenvalue weighted by Gasteiger charge is 2.35. The highest BCUT2D eigenvalue weighted by molar-refractivity contribution is 6.15. The summed E-state index contributed by atoms with van der Waals surface area (Å²) in [4.78, 5) is 35.8. The van der Waals surface area contributed by atoms with Crippen LogP contribution in [0.15, 0.2) is 23.9 Å². The van der Waals surface area contributed by atoms with Gasteiger partial charge in [-0.1, -0.05) is 12.1 Å². The maximum atomic E-state index is 12.1. The third kappa shape index (κ3) is 3.42. The molecule has 1 saturated heterocycles. The van der Waals surface area contributed by atoms with Crippen molar-refractivity contribution in [1.82, 2.24) is 10.2 Å². The van der Waals surface area contributed by atoms with Crippen molar-refractivity contribution in [1.29, 1.82) is 0 Å². The number of ether oxygens (including phenoxy) is 2. The fourth-order valence-electron chi connectivity index (χ4n) is 1.99. The molecular weight excluding hydrogens is 304 g/mol. The van der Waals surface area contributed by atoms with E-state index >= 15 is 0 Å². The van der Waals surface area contributed by atoms with Gasteiger partial charge >= 0.3 is 12.0 Å².